The fraction of sp³-hybridized carbons (Fsp3) is 0.583. The van der Waals surface area contributed by atoms with E-state index in [1.807, 2.05) is 0 Å². The number of fused-ring (bicyclic) bond motifs is 1. The Morgan fingerprint density at radius 3 is 1.92 bits per heavy atom. The molecule has 0 amide bonds. The Bertz CT molecular complexity index is 610. The van der Waals surface area contributed by atoms with Crippen molar-refractivity contribution in [2.24, 2.45) is 0 Å². The zero-order chi connectivity index (χ0) is 18.7. The SMILES string of the molecule is CCC[CH2][Sn]([CH2]CCC)([CH2]CCC)[CH2]SCc1cccc2ccccc12. The first kappa shape index (κ1) is 22.1. The maximum atomic E-state index is 2.37. The second-order valence-corrected chi connectivity index (χ2v) is 24.2. The third-order valence-corrected chi connectivity index (χ3v) is 26.2. The standard InChI is InChI=1S/C12H11S.3C4H9.Sn/c1-13-9-11-7-4-6-10-5-2-3-8-12(10)11;3*1-3-4-2;/h2-8H,1,9H2;3*1,3-4H2,2H3;. The molecule has 0 aliphatic heterocycles. The molecule has 0 N–H and O–H groups in total. The van der Waals surface area contributed by atoms with E-state index in [4.69, 9.17) is 0 Å². The van der Waals surface area contributed by atoms with Crippen LogP contribution >= 0.6 is 11.8 Å². The van der Waals surface area contributed by atoms with Gasteiger partial charge >= 0.3 is 171 Å². The summed E-state index contributed by atoms with van der Waals surface area (Å²) in [5.41, 5.74) is 1.54. The second kappa shape index (κ2) is 12.3. The van der Waals surface area contributed by atoms with Gasteiger partial charge in [-0.3, -0.25) is 0 Å². The molecule has 0 aromatic heterocycles. The van der Waals surface area contributed by atoms with Crippen LogP contribution in [0.4, 0.5) is 0 Å². The summed E-state index contributed by atoms with van der Waals surface area (Å²) < 4.78 is 6.44. The molecular formula is C24H38SSn. The molecule has 0 heterocycles. The Labute approximate surface area is 170 Å². The summed E-state index contributed by atoms with van der Waals surface area (Å²) >= 11 is 0.294. The van der Waals surface area contributed by atoms with Crippen molar-refractivity contribution in [2.75, 3.05) is 3.77 Å². The maximum absolute atomic E-state index is 2.37. The summed E-state index contributed by atoms with van der Waals surface area (Å²) in [7, 11) is 0. The van der Waals surface area contributed by atoms with Crippen LogP contribution in [-0.2, 0) is 5.75 Å². The van der Waals surface area contributed by atoms with E-state index in [2.05, 4.69) is 75.0 Å². The van der Waals surface area contributed by atoms with Crippen molar-refractivity contribution < 1.29 is 0 Å². The van der Waals surface area contributed by atoms with Gasteiger partial charge in [-0.05, 0) is 0 Å². The minimum absolute atomic E-state index is 1.20. The molecule has 2 heteroatoms. The van der Waals surface area contributed by atoms with Crippen LogP contribution in [0.3, 0.4) is 0 Å². The molecule has 0 saturated heterocycles. The molecule has 0 unspecified atom stereocenters. The van der Waals surface area contributed by atoms with Crippen molar-refractivity contribution in [3.05, 3.63) is 48.0 Å². The Morgan fingerprint density at radius 2 is 1.31 bits per heavy atom. The summed E-state index contributed by atoms with van der Waals surface area (Å²) in [6.07, 6.45) is 8.59. The molecule has 0 aliphatic carbocycles. The van der Waals surface area contributed by atoms with Crippen LogP contribution in [0.15, 0.2) is 42.5 Å². The summed E-state index contributed by atoms with van der Waals surface area (Å²) in [5, 5.41) is 2.85. The molecule has 144 valence electrons. The van der Waals surface area contributed by atoms with Crippen LogP contribution in [0, 0.1) is 0 Å². The van der Waals surface area contributed by atoms with Gasteiger partial charge in [0, 0.05) is 0 Å². The Kier molecular flexibility index (Phi) is 10.5. The van der Waals surface area contributed by atoms with Crippen molar-refractivity contribution in [3.63, 3.8) is 0 Å². The molecule has 0 aliphatic rings. The molecule has 0 radical (unpaired) electrons. The van der Waals surface area contributed by atoms with E-state index in [1.54, 1.807) is 13.3 Å². The summed E-state index contributed by atoms with van der Waals surface area (Å²) in [4.78, 5) is 0. The van der Waals surface area contributed by atoms with Crippen LogP contribution in [0.25, 0.3) is 10.8 Å². The third kappa shape index (κ3) is 6.78. The van der Waals surface area contributed by atoms with E-state index in [9.17, 15) is 0 Å². The van der Waals surface area contributed by atoms with Gasteiger partial charge in [-0.1, -0.05) is 0 Å². The van der Waals surface area contributed by atoms with Gasteiger partial charge < -0.3 is 0 Å². The zero-order valence-corrected chi connectivity index (χ0v) is 20.9. The Hall–Kier alpha value is -0.151. The van der Waals surface area contributed by atoms with Gasteiger partial charge in [0.05, 0.1) is 0 Å². The molecule has 0 fully saturated rings. The van der Waals surface area contributed by atoms with E-state index < -0.39 is 18.4 Å². The first-order chi connectivity index (χ1) is 12.7. The van der Waals surface area contributed by atoms with Crippen LogP contribution in [0.5, 0.6) is 0 Å². The van der Waals surface area contributed by atoms with Gasteiger partial charge in [-0.15, -0.1) is 0 Å². The summed E-state index contributed by atoms with van der Waals surface area (Å²) in [6, 6.07) is 15.7. The fourth-order valence-corrected chi connectivity index (χ4v) is 25.4. The minimum atomic E-state index is -1.98. The van der Waals surface area contributed by atoms with Gasteiger partial charge in [0.2, 0.25) is 0 Å². The number of hydrogen-bond donors (Lipinski definition) is 0. The van der Waals surface area contributed by atoms with Crippen LogP contribution in [0.2, 0.25) is 13.3 Å². The van der Waals surface area contributed by atoms with Crippen LogP contribution < -0.4 is 0 Å². The predicted molar refractivity (Wildman–Crippen MR) is 125 cm³/mol. The molecule has 2 aromatic rings. The van der Waals surface area contributed by atoms with Gasteiger partial charge in [0.15, 0.2) is 0 Å². The van der Waals surface area contributed by atoms with Gasteiger partial charge in [-0.25, -0.2) is 0 Å². The molecule has 2 rings (SSSR count). The van der Waals surface area contributed by atoms with Crippen LogP contribution in [0.1, 0.15) is 64.9 Å². The van der Waals surface area contributed by atoms with E-state index in [1.165, 1.54) is 64.4 Å². The third-order valence-electron chi connectivity index (χ3n) is 5.73. The molecule has 0 saturated carbocycles. The second-order valence-electron chi connectivity index (χ2n) is 7.94. The first-order valence-electron chi connectivity index (χ1n) is 10.8. The molecule has 0 atom stereocenters. The van der Waals surface area contributed by atoms with Crippen molar-refractivity contribution in [1.82, 2.24) is 0 Å². The van der Waals surface area contributed by atoms with Crippen molar-refractivity contribution in [3.8, 4) is 0 Å². The van der Waals surface area contributed by atoms with E-state index in [-0.39, 0.29) is 0 Å². The van der Waals surface area contributed by atoms with Crippen molar-refractivity contribution in [1.29, 1.82) is 0 Å². The van der Waals surface area contributed by atoms with Gasteiger partial charge in [0.25, 0.3) is 0 Å². The topological polar surface area (TPSA) is 0 Å². The average molecular weight is 477 g/mol. The number of unbranched alkanes of at least 4 members (excludes halogenated alkanes) is 3. The normalized spacial score (nSPS) is 12.0. The number of benzene rings is 2. The average Bonchev–Trinajstić information content (AvgIpc) is 2.69. The van der Waals surface area contributed by atoms with Crippen LogP contribution in [-0.4, -0.2) is 22.1 Å². The first-order valence-corrected chi connectivity index (χ1v) is 20.0. The molecule has 2 aromatic carbocycles. The number of hydrogen-bond acceptors (Lipinski definition) is 1. The summed E-state index contributed by atoms with van der Waals surface area (Å²) in [5.74, 6) is 1.20. The molecule has 26 heavy (non-hydrogen) atoms. The Balaban J connectivity index is 2.06. The van der Waals surface area contributed by atoms with Crippen molar-refractivity contribution in [2.45, 2.75) is 78.4 Å². The monoisotopic (exact) mass is 478 g/mol. The van der Waals surface area contributed by atoms with Gasteiger partial charge in [-0.2, -0.15) is 0 Å². The molecule has 0 nitrogen and oxygen atoms in total. The van der Waals surface area contributed by atoms with Gasteiger partial charge in [0.1, 0.15) is 0 Å². The van der Waals surface area contributed by atoms with E-state index in [0.717, 1.165) is 0 Å². The molecule has 0 bridgehead atoms. The number of thioether (sulfide) groups is 1. The number of rotatable bonds is 13. The predicted octanol–water partition coefficient (Wildman–Crippen LogP) is 8.46. The quantitative estimate of drug-likeness (QED) is 0.261. The van der Waals surface area contributed by atoms with E-state index in [0.29, 0.717) is 0 Å². The zero-order valence-electron chi connectivity index (χ0n) is 17.2. The fourth-order valence-electron chi connectivity index (χ4n) is 4.04. The Morgan fingerprint density at radius 1 is 0.731 bits per heavy atom. The van der Waals surface area contributed by atoms with Crippen molar-refractivity contribution >= 4 is 40.9 Å². The summed E-state index contributed by atoms with van der Waals surface area (Å²) in [6.45, 7) is 7.12. The molecule has 0 spiro atoms. The van der Waals surface area contributed by atoms with E-state index >= 15 is 0 Å². The molecular weight excluding hydrogens is 439 g/mol.